The van der Waals surface area contributed by atoms with Gasteiger partial charge >= 0.3 is 0 Å². The molecular formula is C16H28IN3O2. The number of hydrogen-bond donors (Lipinski definition) is 2. The molecule has 0 amide bonds. The highest BCUT2D eigenvalue weighted by Crippen LogP contribution is 2.13. The van der Waals surface area contributed by atoms with E-state index in [0.29, 0.717) is 6.61 Å². The topological polar surface area (TPSA) is 54.9 Å². The summed E-state index contributed by atoms with van der Waals surface area (Å²) in [6.45, 7) is 3.59. The van der Waals surface area contributed by atoms with Gasteiger partial charge < -0.3 is 20.1 Å². The quantitative estimate of drug-likeness (QED) is 0.293. The van der Waals surface area contributed by atoms with Crippen molar-refractivity contribution in [2.75, 3.05) is 34.4 Å². The molecule has 126 valence electrons. The molecule has 0 saturated heterocycles. The van der Waals surface area contributed by atoms with Crippen LogP contribution in [-0.4, -0.2) is 46.4 Å². The molecule has 0 aliphatic heterocycles. The first-order valence-electron chi connectivity index (χ1n) is 7.28. The molecule has 0 aromatic heterocycles. The van der Waals surface area contributed by atoms with Gasteiger partial charge in [0.05, 0.1) is 13.7 Å². The van der Waals surface area contributed by atoms with Crippen LogP contribution in [-0.2, 0) is 11.2 Å². The van der Waals surface area contributed by atoms with Crippen LogP contribution in [0.25, 0.3) is 0 Å². The lowest BCUT2D eigenvalue weighted by molar-refractivity contribution is 0.179. The SMILES string of the molecule is CN=C(NCCCc1cccc(OC)c1)NC(C)COC.I. The van der Waals surface area contributed by atoms with Crippen molar-refractivity contribution < 1.29 is 9.47 Å². The average molecular weight is 421 g/mol. The molecule has 0 aliphatic rings. The van der Waals surface area contributed by atoms with Crippen molar-refractivity contribution in [3.05, 3.63) is 29.8 Å². The summed E-state index contributed by atoms with van der Waals surface area (Å²) in [5.41, 5.74) is 1.28. The first kappa shape index (κ1) is 21.0. The van der Waals surface area contributed by atoms with Gasteiger partial charge in [0, 0.05) is 26.7 Å². The molecule has 0 heterocycles. The minimum absolute atomic E-state index is 0. The predicted molar refractivity (Wildman–Crippen MR) is 103 cm³/mol. The second-order valence-corrected chi connectivity index (χ2v) is 4.95. The molecule has 1 atom stereocenters. The molecular weight excluding hydrogens is 393 g/mol. The summed E-state index contributed by atoms with van der Waals surface area (Å²) in [6, 6.07) is 8.42. The van der Waals surface area contributed by atoms with Gasteiger partial charge in [0.15, 0.2) is 5.96 Å². The monoisotopic (exact) mass is 421 g/mol. The van der Waals surface area contributed by atoms with Crippen molar-refractivity contribution in [3.63, 3.8) is 0 Å². The molecule has 1 unspecified atom stereocenters. The first-order valence-corrected chi connectivity index (χ1v) is 7.28. The zero-order chi connectivity index (χ0) is 15.5. The Morgan fingerprint density at radius 3 is 2.73 bits per heavy atom. The van der Waals surface area contributed by atoms with Gasteiger partial charge in [-0.25, -0.2) is 0 Å². The molecule has 0 fully saturated rings. The van der Waals surface area contributed by atoms with Crippen LogP contribution >= 0.6 is 24.0 Å². The molecule has 22 heavy (non-hydrogen) atoms. The molecule has 0 spiro atoms. The van der Waals surface area contributed by atoms with Crippen LogP contribution in [0.5, 0.6) is 5.75 Å². The Labute approximate surface area is 150 Å². The van der Waals surface area contributed by atoms with Crippen molar-refractivity contribution >= 4 is 29.9 Å². The number of benzene rings is 1. The first-order chi connectivity index (χ1) is 10.2. The molecule has 1 aromatic carbocycles. The average Bonchev–Trinajstić information content (AvgIpc) is 2.50. The largest absolute Gasteiger partial charge is 0.497 e. The highest BCUT2D eigenvalue weighted by atomic mass is 127. The van der Waals surface area contributed by atoms with E-state index in [-0.39, 0.29) is 30.0 Å². The lowest BCUT2D eigenvalue weighted by Crippen LogP contribution is -2.44. The van der Waals surface area contributed by atoms with Crippen molar-refractivity contribution in [1.29, 1.82) is 0 Å². The number of aliphatic imine (C=N–C) groups is 1. The van der Waals surface area contributed by atoms with Gasteiger partial charge in [-0.2, -0.15) is 0 Å². The Morgan fingerprint density at radius 1 is 1.32 bits per heavy atom. The number of methoxy groups -OCH3 is 2. The second kappa shape index (κ2) is 12.5. The Balaban J connectivity index is 0.00000441. The molecule has 0 aliphatic carbocycles. The number of rotatable bonds is 8. The van der Waals surface area contributed by atoms with E-state index in [4.69, 9.17) is 9.47 Å². The van der Waals surface area contributed by atoms with Gasteiger partial charge in [-0.3, -0.25) is 4.99 Å². The molecule has 1 rings (SSSR count). The smallest absolute Gasteiger partial charge is 0.191 e. The maximum atomic E-state index is 5.23. The standard InChI is InChI=1S/C16H27N3O2.HI/c1-13(12-20-3)19-16(17-2)18-10-6-8-14-7-5-9-15(11-14)21-4;/h5,7,9,11,13H,6,8,10,12H2,1-4H3,(H2,17,18,19);1H. The van der Waals surface area contributed by atoms with E-state index in [1.807, 2.05) is 12.1 Å². The van der Waals surface area contributed by atoms with Crippen molar-refractivity contribution in [1.82, 2.24) is 10.6 Å². The van der Waals surface area contributed by atoms with E-state index in [1.165, 1.54) is 5.56 Å². The van der Waals surface area contributed by atoms with Crippen LogP contribution < -0.4 is 15.4 Å². The molecule has 6 heteroatoms. The predicted octanol–water partition coefficient (Wildman–Crippen LogP) is 2.45. The number of ether oxygens (including phenoxy) is 2. The van der Waals surface area contributed by atoms with Crippen LogP contribution in [0.2, 0.25) is 0 Å². The maximum Gasteiger partial charge on any atom is 0.191 e. The minimum Gasteiger partial charge on any atom is -0.497 e. The molecule has 0 bridgehead atoms. The Kier molecular flexibility index (Phi) is 11.9. The van der Waals surface area contributed by atoms with Crippen LogP contribution in [0.3, 0.4) is 0 Å². The van der Waals surface area contributed by atoms with E-state index >= 15 is 0 Å². The summed E-state index contributed by atoms with van der Waals surface area (Å²) in [5, 5.41) is 6.59. The summed E-state index contributed by atoms with van der Waals surface area (Å²) in [5.74, 6) is 1.72. The summed E-state index contributed by atoms with van der Waals surface area (Å²) in [4.78, 5) is 4.20. The molecule has 0 radical (unpaired) electrons. The number of nitrogens with one attached hydrogen (secondary N) is 2. The van der Waals surface area contributed by atoms with E-state index in [9.17, 15) is 0 Å². The summed E-state index contributed by atoms with van der Waals surface area (Å²) >= 11 is 0. The fourth-order valence-corrected chi connectivity index (χ4v) is 2.05. The van der Waals surface area contributed by atoms with Crippen LogP contribution in [0, 0.1) is 0 Å². The molecule has 5 nitrogen and oxygen atoms in total. The number of nitrogens with zero attached hydrogens (tertiary/aromatic N) is 1. The van der Waals surface area contributed by atoms with Gasteiger partial charge in [-0.15, -0.1) is 24.0 Å². The fraction of sp³-hybridized carbons (Fsp3) is 0.562. The zero-order valence-corrected chi connectivity index (χ0v) is 16.2. The van der Waals surface area contributed by atoms with E-state index in [0.717, 1.165) is 31.1 Å². The molecule has 0 saturated carbocycles. The van der Waals surface area contributed by atoms with Gasteiger partial charge in [0.2, 0.25) is 0 Å². The molecule has 1 aromatic rings. The van der Waals surface area contributed by atoms with Crippen molar-refractivity contribution in [2.24, 2.45) is 4.99 Å². The Hall–Kier alpha value is -1.02. The van der Waals surface area contributed by atoms with Crippen molar-refractivity contribution in [3.8, 4) is 5.75 Å². The Morgan fingerprint density at radius 2 is 2.09 bits per heavy atom. The van der Waals surface area contributed by atoms with Gasteiger partial charge in [0.25, 0.3) is 0 Å². The Bertz CT molecular complexity index is 441. The third kappa shape index (κ3) is 8.43. The minimum atomic E-state index is 0. The zero-order valence-electron chi connectivity index (χ0n) is 13.9. The summed E-state index contributed by atoms with van der Waals surface area (Å²) in [6.07, 6.45) is 2.04. The number of hydrogen-bond acceptors (Lipinski definition) is 3. The van der Waals surface area contributed by atoms with Crippen LogP contribution in [0.1, 0.15) is 18.9 Å². The van der Waals surface area contributed by atoms with Crippen molar-refractivity contribution in [2.45, 2.75) is 25.8 Å². The summed E-state index contributed by atoms with van der Waals surface area (Å²) in [7, 11) is 5.16. The highest BCUT2D eigenvalue weighted by Gasteiger charge is 2.04. The second-order valence-electron chi connectivity index (χ2n) is 4.95. The van der Waals surface area contributed by atoms with Gasteiger partial charge in [-0.1, -0.05) is 12.1 Å². The highest BCUT2D eigenvalue weighted by molar-refractivity contribution is 14.0. The third-order valence-corrected chi connectivity index (χ3v) is 3.09. The van der Waals surface area contributed by atoms with E-state index < -0.39 is 0 Å². The maximum absolute atomic E-state index is 5.23. The third-order valence-electron chi connectivity index (χ3n) is 3.09. The van der Waals surface area contributed by atoms with Gasteiger partial charge in [-0.05, 0) is 37.5 Å². The number of aryl methyl sites for hydroxylation is 1. The van der Waals surface area contributed by atoms with Gasteiger partial charge in [0.1, 0.15) is 5.75 Å². The number of halogens is 1. The van der Waals surface area contributed by atoms with Crippen LogP contribution in [0.15, 0.2) is 29.3 Å². The van der Waals surface area contributed by atoms with Crippen LogP contribution in [0.4, 0.5) is 0 Å². The molecule has 2 N–H and O–H groups in total. The lowest BCUT2D eigenvalue weighted by atomic mass is 10.1. The van der Waals surface area contributed by atoms with E-state index in [2.05, 4.69) is 34.7 Å². The normalized spacial score (nSPS) is 12.3. The summed E-state index contributed by atoms with van der Waals surface area (Å²) < 4.78 is 10.3. The fourth-order valence-electron chi connectivity index (χ4n) is 2.05. The lowest BCUT2D eigenvalue weighted by Gasteiger charge is -2.17. The van der Waals surface area contributed by atoms with E-state index in [1.54, 1.807) is 21.3 Å². The number of guanidine groups is 1.